The average molecular weight is 330 g/mol. The molecular weight excluding hydrogens is 320 g/mol. The van der Waals surface area contributed by atoms with Crippen molar-refractivity contribution in [1.29, 1.82) is 0 Å². The molecule has 0 spiro atoms. The van der Waals surface area contributed by atoms with Crippen LogP contribution in [0.1, 0.15) is 28.4 Å². The van der Waals surface area contributed by atoms with Crippen LogP contribution in [0.4, 0.5) is 13.2 Å². The van der Waals surface area contributed by atoms with Crippen molar-refractivity contribution in [3.05, 3.63) is 34.9 Å². The molecule has 0 aliphatic rings. The molecule has 0 aliphatic carbocycles. The van der Waals surface area contributed by atoms with Crippen LogP contribution >= 0.6 is 27.5 Å². The number of carbonyl (C=O) groups is 1. The van der Waals surface area contributed by atoms with E-state index < -0.39 is 16.6 Å². The van der Waals surface area contributed by atoms with Crippen LogP contribution in [0.3, 0.4) is 0 Å². The molecule has 1 aromatic rings. The van der Waals surface area contributed by atoms with E-state index in [0.717, 1.165) is 12.1 Å². The summed E-state index contributed by atoms with van der Waals surface area (Å²) >= 11 is 8.59. The Hall–Kier alpha value is -0.550. The maximum atomic E-state index is 12.6. The van der Waals surface area contributed by atoms with Crippen molar-refractivity contribution in [2.24, 2.45) is 0 Å². The molecule has 0 aliphatic heterocycles. The second-order valence-corrected chi connectivity index (χ2v) is 4.75. The minimum absolute atomic E-state index is 0.0332. The van der Waals surface area contributed by atoms with Crippen molar-refractivity contribution in [3.8, 4) is 0 Å². The molecule has 0 saturated carbocycles. The second-order valence-electron chi connectivity index (χ2n) is 3.57. The van der Waals surface area contributed by atoms with Gasteiger partial charge in [0, 0.05) is 5.88 Å². The lowest BCUT2D eigenvalue weighted by Crippen LogP contribution is -2.09. The molecule has 1 unspecified atom stereocenters. The molecule has 1 rings (SSSR count). The Kier molecular flexibility index (Phi) is 4.61. The molecule has 0 fully saturated rings. The maximum Gasteiger partial charge on any atom is 0.416 e. The first-order valence-corrected chi connectivity index (χ1v) is 6.12. The molecule has 0 bridgehead atoms. The summed E-state index contributed by atoms with van der Waals surface area (Å²) in [5, 5.41) is 0. The monoisotopic (exact) mass is 328 g/mol. The zero-order valence-electron chi connectivity index (χ0n) is 8.81. The second kappa shape index (κ2) is 5.40. The van der Waals surface area contributed by atoms with Gasteiger partial charge in [0.25, 0.3) is 0 Å². The highest BCUT2D eigenvalue weighted by Gasteiger charge is 2.31. The average Bonchev–Trinajstić information content (AvgIpc) is 2.26. The van der Waals surface area contributed by atoms with Crippen LogP contribution in [0.25, 0.3) is 0 Å². The van der Waals surface area contributed by atoms with Crippen LogP contribution < -0.4 is 0 Å². The van der Waals surface area contributed by atoms with Gasteiger partial charge >= 0.3 is 6.18 Å². The summed E-state index contributed by atoms with van der Waals surface area (Å²) in [4.78, 5) is 10.4. The number of ketones is 1. The highest BCUT2D eigenvalue weighted by atomic mass is 79.9. The number of rotatable bonds is 3. The van der Waals surface area contributed by atoms with Crippen molar-refractivity contribution in [2.75, 3.05) is 0 Å². The fourth-order valence-electron chi connectivity index (χ4n) is 1.34. The van der Waals surface area contributed by atoms with Gasteiger partial charge in [0.15, 0.2) is 0 Å². The lowest BCUT2D eigenvalue weighted by molar-refractivity contribution is -0.137. The zero-order chi connectivity index (χ0) is 13.2. The van der Waals surface area contributed by atoms with Gasteiger partial charge in [-0.2, -0.15) is 13.2 Å². The summed E-state index contributed by atoms with van der Waals surface area (Å²) in [6.45, 7) is 1.31. The Morgan fingerprint density at radius 1 is 1.41 bits per heavy atom. The fourth-order valence-corrected chi connectivity index (χ4v) is 1.76. The van der Waals surface area contributed by atoms with Crippen molar-refractivity contribution >= 4 is 33.3 Å². The Balaban J connectivity index is 3.28. The number of hydrogen-bond acceptors (Lipinski definition) is 1. The van der Waals surface area contributed by atoms with E-state index in [2.05, 4.69) is 15.9 Å². The van der Waals surface area contributed by atoms with E-state index in [0.29, 0.717) is 5.56 Å². The predicted molar refractivity (Wildman–Crippen MR) is 63.4 cm³/mol. The van der Waals surface area contributed by atoms with Gasteiger partial charge in [-0.05, 0) is 30.2 Å². The van der Waals surface area contributed by atoms with Crippen molar-refractivity contribution in [2.45, 2.75) is 23.8 Å². The fraction of sp³-hybridized carbons (Fsp3) is 0.364. The molecule has 0 amide bonds. The minimum Gasteiger partial charge on any atom is -0.298 e. The number of Topliss-reactive ketones (excluding diaryl/α,β-unsaturated/α-hetero) is 1. The Labute approximate surface area is 110 Å². The van der Waals surface area contributed by atoms with Gasteiger partial charge < -0.3 is 0 Å². The minimum atomic E-state index is -4.44. The highest BCUT2D eigenvalue weighted by molar-refractivity contribution is 9.09. The smallest absolute Gasteiger partial charge is 0.298 e. The quantitative estimate of drug-likeness (QED) is 0.748. The van der Waals surface area contributed by atoms with E-state index in [4.69, 9.17) is 11.6 Å². The van der Waals surface area contributed by atoms with Gasteiger partial charge in [0.2, 0.25) is 0 Å². The molecule has 6 heteroatoms. The van der Waals surface area contributed by atoms with Crippen molar-refractivity contribution in [1.82, 2.24) is 0 Å². The molecule has 94 valence electrons. The summed E-state index contributed by atoms with van der Waals surface area (Å²) in [5.41, 5.74) is -0.193. The van der Waals surface area contributed by atoms with E-state index in [9.17, 15) is 18.0 Å². The van der Waals surface area contributed by atoms with E-state index in [1.165, 1.54) is 13.0 Å². The SMILES string of the molecule is CC(=O)C(Br)c1cc(CCl)cc(C(F)(F)F)c1. The first-order valence-electron chi connectivity index (χ1n) is 4.67. The van der Waals surface area contributed by atoms with Gasteiger partial charge in [-0.15, -0.1) is 11.6 Å². The number of benzene rings is 1. The van der Waals surface area contributed by atoms with Gasteiger partial charge in [-0.25, -0.2) is 0 Å². The van der Waals surface area contributed by atoms with Crippen LogP contribution in [-0.4, -0.2) is 5.78 Å². The third kappa shape index (κ3) is 3.71. The van der Waals surface area contributed by atoms with Gasteiger partial charge in [0.1, 0.15) is 5.78 Å². The Bertz CT molecular complexity index is 431. The zero-order valence-corrected chi connectivity index (χ0v) is 11.2. The van der Waals surface area contributed by atoms with Crippen molar-refractivity contribution in [3.63, 3.8) is 0 Å². The molecule has 1 aromatic carbocycles. The molecular formula is C11H9BrClF3O. The molecule has 1 nitrogen and oxygen atoms in total. The molecule has 0 radical (unpaired) electrons. The van der Waals surface area contributed by atoms with Gasteiger partial charge in [0.05, 0.1) is 10.4 Å². The Morgan fingerprint density at radius 2 is 2.00 bits per heavy atom. The van der Waals surface area contributed by atoms with E-state index in [1.807, 2.05) is 0 Å². The molecule has 0 heterocycles. The molecule has 1 atom stereocenters. The van der Waals surface area contributed by atoms with Crippen LogP contribution in [-0.2, 0) is 16.9 Å². The number of carbonyl (C=O) groups excluding carboxylic acids is 1. The predicted octanol–water partition coefficient (Wildman–Crippen LogP) is 4.47. The lowest BCUT2D eigenvalue weighted by atomic mass is 10.0. The summed E-state index contributed by atoms with van der Waals surface area (Å²) in [5.74, 6) is -0.293. The van der Waals surface area contributed by atoms with Crippen LogP contribution in [0.2, 0.25) is 0 Å². The van der Waals surface area contributed by atoms with Crippen molar-refractivity contribution < 1.29 is 18.0 Å². The standard InChI is InChI=1S/C11H9BrClF3O/c1-6(17)10(12)8-2-7(5-13)3-9(4-8)11(14,15)16/h2-4,10H,5H2,1H3. The van der Waals surface area contributed by atoms with Crippen LogP contribution in [0, 0.1) is 0 Å². The molecule has 0 aromatic heterocycles. The van der Waals surface area contributed by atoms with Gasteiger partial charge in [-0.3, -0.25) is 4.79 Å². The topological polar surface area (TPSA) is 17.1 Å². The first-order chi connectivity index (χ1) is 7.75. The van der Waals surface area contributed by atoms with E-state index in [1.54, 1.807) is 0 Å². The molecule has 0 N–H and O–H groups in total. The first kappa shape index (κ1) is 14.5. The largest absolute Gasteiger partial charge is 0.416 e. The normalized spacial score (nSPS) is 13.5. The summed E-state index contributed by atoms with van der Waals surface area (Å²) in [6.07, 6.45) is -4.44. The molecule has 17 heavy (non-hydrogen) atoms. The Morgan fingerprint density at radius 3 is 2.41 bits per heavy atom. The van der Waals surface area contributed by atoms with E-state index >= 15 is 0 Å². The number of alkyl halides is 5. The van der Waals surface area contributed by atoms with Gasteiger partial charge in [-0.1, -0.05) is 22.0 Å². The third-order valence-electron chi connectivity index (χ3n) is 2.15. The molecule has 0 saturated heterocycles. The summed E-state index contributed by atoms with van der Waals surface area (Å²) in [7, 11) is 0. The van der Waals surface area contributed by atoms with Crippen LogP contribution in [0.15, 0.2) is 18.2 Å². The highest BCUT2D eigenvalue weighted by Crippen LogP contribution is 2.34. The lowest BCUT2D eigenvalue weighted by Gasteiger charge is -2.13. The summed E-state index contributed by atoms with van der Waals surface area (Å²) < 4.78 is 37.8. The summed E-state index contributed by atoms with van der Waals surface area (Å²) in [6, 6.07) is 3.43. The maximum absolute atomic E-state index is 12.6. The van der Waals surface area contributed by atoms with E-state index in [-0.39, 0.29) is 17.2 Å². The number of halogens is 5. The third-order valence-corrected chi connectivity index (χ3v) is 3.63. The number of hydrogen-bond donors (Lipinski definition) is 0. The van der Waals surface area contributed by atoms with Crippen LogP contribution in [0.5, 0.6) is 0 Å².